The summed E-state index contributed by atoms with van der Waals surface area (Å²) in [6.07, 6.45) is 8.44. The molecule has 0 bridgehead atoms. The van der Waals surface area contributed by atoms with E-state index >= 15 is 0 Å². The Morgan fingerprint density at radius 3 is 2.42 bits per heavy atom. The summed E-state index contributed by atoms with van der Waals surface area (Å²) in [4.78, 5) is 0. The van der Waals surface area contributed by atoms with E-state index in [2.05, 4.69) is 6.92 Å². The van der Waals surface area contributed by atoms with Gasteiger partial charge in [0.25, 0.3) is 0 Å². The van der Waals surface area contributed by atoms with Crippen molar-refractivity contribution in [2.24, 2.45) is 0 Å². The smallest absolute Gasteiger partial charge is 0.123 e. The lowest BCUT2D eigenvalue weighted by molar-refractivity contribution is 0.163. The van der Waals surface area contributed by atoms with Crippen molar-refractivity contribution < 1.29 is 9.50 Å². The number of aliphatic hydroxyl groups is 1. The first-order chi connectivity index (χ1) is 9.15. The Balaban J connectivity index is 2.23. The molecule has 1 aromatic carbocycles. The van der Waals surface area contributed by atoms with Gasteiger partial charge in [-0.15, -0.1) is 0 Å². The van der Waals surface area contributed by atoms with Crippen molar-refractivity contribution in [2.75, 3.05) is 5.73 Å². The Bertz CT molecular complexity index is 368. The normalized spacial score (nSPS) is 12.6. The van der Waals surface area contributed by atoms with E-state index in [4.69, 9.17) is 5.73 Å². The summed E-state index contributed by atoms with van der Waals surface area (Å²) in [5.41, 5.74) is 6.74. The van der Waals surface area contributed by atoms with Gasteiger partial charge < -0.3 is 10.8 Å². The van der Waals surface area contributed by atoms with Gasteiger partial charge in [-0.3, -0.25) is 0 Å². The number of aliphatic hydroxyl groups excluding tert-OH is 1. The standard InChI is InChI=1S/C16H26FNO/c1-2-3-4-5-6-7-8-9-16(19)14-12-13(17)10-11-15(14)18/h10-12,16,19H,2-9,18H2,1H3. The Morgan fingerprint density at radius 2 is 1.74 bits per heavy atom. The lowest BCUT2D eigenvalue weighted by Gasteiger charge is -2.13. The van der Waals surface area contributed by atoms with Crippen molar-refractivity contribution >= 4 is 5.69 Å². The third-order valence-electron chi connectivity index (χ3n) is 3.49. The molecule has 3 heteroatoms. The molecule has 0 spiro atoms. The molecule has 0 heterocycles. The van der Waals surface area contributed by atoms with E-state index in [0.717, 1.165) is 12.8 Å². The van der Waals surface area contributed by atoms with Crippen molar-refractivity contribution in [1.29, 1.82) is 0 Å². The molecular weight excluding hydrogens is 241 g/mol. The van der Waals surface area contributed by atoms with E-state index in [-0.39, 0.29) is 5.82 Å². The number of hydrogen-bond acceptors (Lipinski definition) is 2. The SMILES string of the molecule is CCCCCCCCCC(O)c1cc(F)ccc1N. The summed E-state index contributed by atoms with van der Waals surface area (Å²) in [6.45, 7) is 2.21. The Kier molecular flexibility index (Phi) is 7.49. The molecule has 3 N–H and O–H groups in total. The first-order valence-electron chi connectivity index (χ1n) is 7.38. The lowest BCUT2D eigenvalue weighted by Crippen LogP contribution is -2.03. The highest BCUT2D eigenvalue weighted by atomic mass is 19.1. The third-order valence-corrected chi connectivity index (χ3v) is 3.49. The number of nitrogens with two attached hydrogens (primary N) is 1. The molecule has 0 aliphatic heterocycles. The molecule has 0 saturated carbocycles. The van der Waals surface area contributed by atoms with Gasteiger partial charge in [-0.05, 0) is 24.6 Å². The van der Waals surface area contributed by atoms with Crippen LogP contribution in [0, 0.1) is 5.82 Å². The fourth-order valence-corrected chi connectivity index (χ4v) is 2.28. The summed E-state index contributed by atoms with van der Waals surface area (Å²) >= 11 is 0. The van der Waals surface area contributed by atoms with Crippen LogP contribution in [0.3, 0.4) is 0 Å². The fraction of sp³-hybridized carbons (Fsp3) is 0.625. The molecule has 1 aromatic rings. The zero-order valence-electron chi connectivity index (χ0n) is 11.9. The Hall–Kier alpha value is -1.09. The average Bonchev–Trinajstić information content (AvgIpc) is 2.40. The number of benzene rings is 1. The van der Waals surface area contributed by atoms with Crippen LogP contribution in [-0.4, -0.2) is 5.11 Å². The van der Waals surface area contributed by atoms with Gasteiger partial charge in [-0.1, -0.05) is 51.9 Å². The van der Waals surface area contributed by atoms with Crippen LogP contribution in [0.2, 0.25) is 0 Å². The predicted octanol–water partition coefficient (Wildman–Crippen LogP) is 4.58. The van der Waals surface area contributed by atoms with Gasteiger partial charge in [0.05, 0.1) is 6.10 Å². The van der Waals surface area contributed by atoms with E-state index in [1.807, 2.05) is 0 Å². The van der Waals surface area contributed by atoms with Gasteiger partial charge in [0, 0.05) is 11.3 Å². The molecule has 0 fully saturated rings. The van der Waals surface area contributed by atoms with E-state index in [1.165, 1.54) is 50.3 Å². The van der Waals surface area contributed by atoms with Crippen LogP contribution in [0.5, 0.6) is 0 Å². The molecule has 1 rings (SSSR count). The molecule has 108 valence electrons. The summed E-state index contributed by atoms with van der Waals surface area (Å²) in [5, 5.41) is 10.0. The minimum atomic E-state index is -0.647. The molecule has 1 unspecified atom stereocenters. The Morgan fingerprint density at radius 1 is 1.11 bits per heavy atom. The predicted molar refractivity (Wildman–Crippen MR) is 78.4 cm³/mol. The third kappa shape index (κ3) is 6.06. The van der Waals surface area contributed by atoms with Crippen LogP contribution in [0.1, 0.15) is 70.0 Å². The molecule has 0 aliphatic carbocycles. The highest BCUT2D eigenvalue weighted by Gasteiger charge is 2.11. The van der Waals surface area contributed by atoms with Gasteiger partial charge in [0.1, 0.15) is 5.82 Å². The Labute approximate surface area is 115 Å². The number of rotatable bonds is 9. The van der Waals surface area contributed by atoms with Crippen LogP contribution in [0.4, 0.5) is 10.1 Å². The van der Waals surface area contributed by atoms with E-state index in [9.17, 15) is 9.50 Å². The first kappa shape index (κ1) is 16.0. The van der Waals surface area contributed by atoms with E-state index in [1.54, 1.807) is 0 Å². The van der Waals surface area contributed by atoms with Crippen LogP contribution in [0.15, 0.2) is 18.2 Å². The minimum absolute atomic E-state index is 0.345. The number of hydrogen-bond donors (Lipinski definition) is 2. The summed E-state index contributed by atoms with van der Waals surface area (Å²) in [7, 11) is 0. The van der Waals surface area contributed by atoms with Crippen molar-refractivity contribution in [3.8, 4) is 0 Å². The highest BCUT2D eigenvalue weighted by Crippen LogP contribution is 2.25. The number of halogens is 1. The quantitative estimate of drug-likeness (QED) is 0.508. The van der Waals surface area contributed by atoms with Crippen molar-refractivity contribution in [1.82, 2.24) is 0 Å². The van der Waals surface area contributed by atoms with Gasteiger partial charge >= 0.3 is 0 Å². The molecule has 0 saturated heterocycles. The van der Waals surface area contributed by atoms with Crippen LogP contribution < -0.4 is 5.73 Å². The van der Waals surface area contributed by atoms with Gasteiger partial charge in [0.15, 0.2) is 0 Å². The number of nitrogen functional groups attached to an aromatic ring is 1. The van der Waals surface area contributed by atoms with Gasteiger partial charge in [0.2, 0.25) is 0 Å². The summed E-state index contributed by atoms with van der Waals surface area (Å²) < 4.78 is 13.1. The van der Waals surface area contributed by atoms with Crippen LogP contribution in [-0.2, 0) is 0 Å². The molecule has 0 radical (unpaired) electrons. The number of unbranched alkanes of at least 4 members (excludes halogenated alkanes) is 6. The van der Waals surface area contributed by atoms with Gasteiger partial charge in [-0.2, -0.15) is 0 Å². The molecule has 0 aromatic heterocycles. The van der Waals surface area contributed by atoms with Crippen molar-refractivity contribution in [3.05, 3.63) is 29.6 Å². The van der Waals surface area contributed by atoms with Crippen LogP contribution >= 0.6 is 0 Å². The summed E-state index contributed by atoms with van der Waals surface area (Å²) in [6, 6.07) is 4.17. The fourth-order valence-electron chi connectivity index (χ4n) is 2.28. The maximum Gasteiger partial charge on any atom is 0.123 e. The second-order valence-corrected chi connectivity index (χ2v) is 5.20. The van der Waals surface area contributed by atoms with Crippen LogP contribution in [0.25, 0.3) is 0 Å². The second kappa shape index (κ2) is 8.92. The molecule has 0 aliphatic rings. The second-order valence-electron chi connectivity index (χ2n) is 5.20. The van der Waals surface area contributed by atoms with Crippen molar-refractivity contribution in [2.45, 2.75) is 64.4 Å². The number of anilines is 1. The molecule has 19 heavy (non-hydrogen) atoms. The highest BCUT2D eigenvalue weighted by molar-refractivity contribution is 5.47. The average molecular weight is 267 g/mol. The van der Waals surface area contributed by atoms with Crippen molar-refractivity contribution in [3.63, 3.8) is 0 Å². The van der Waals surface area contributed by atoms with E-state index in [0.29, 0.717) is 17.7 Å². The maximum atomic E-state index is 13.1. The zero-order chi connectivity index (χ0) is 14.1. The molecule has 1 atom stereocenters. The largest absolute Gasteiger partial charge is 0.398 e. The summed E-state index contributed by atoms with van der Waals surface area (Å²) in [5.74, 6) is -0.345. The molecular formula is C16H26FNO. The lowest BCUT2D eigenvalue weighted by atomic mass is 10.0. The molecule has 0 amide bonds. The maximum absolute atomic E-state index is 13.1. The molecule has 2 nitrogen and oxygen atoms in total. The zero-order valence-corrected chi connectivity index (χ0v) is 11.9. The van der Waals surface area contributed by atoms with Gasteiger partial charge in [-0.25, -0.2) is 4.39 Å². The monoisotopic (exact) mass is 267 g/mol. The minimum Gasteiger partial charge on any atom is -0.398 e. The topological polar surface area (TPSA) is 46.2 Å². The first-order valence-corrected chi connectivity index (χ1v) is 7.38. The van der Waals surface area contributed by atoms with E-state index < -0.39 is 6.10 Å².